The lowest BCUT2D eigenvalue weighted by molar-refractivity contribution is -0.124. The van der Waals surface area contributed by atoms with Crippen molar-refractivity contribution in [3.05, 3.63) is 0 Å². The van der Waals surface area contributed by atoms with Crippen LogP contribution in [0.4, 0.5) is 0 Å². The van der Waals surface area contributed by atoms with Gasteiger partial charge in [-0.25, -0.2) is 0 Å². The maximum Gasteiger partial charge on any atom is 0.237 e. The first kappa shape index (κ1) is 14.8. The second-order valence-electron chi connectivity index (χ2n) is 6.18. The van der Waals surface area contributed by atoms with E-state index in [0.717, 1.165) is 18.6 Å². The Morgan fingerprint density at radius 2 is 1.94 bits per heavy atom. The monoisotopic (exact) mass is 258 g/mol. The molecule has 0 radical (unpaired) electrons. The number of hydrogen-bond acceptors (Lipinski definition) is 3. The lowest BCUT2D eigenvalue weighted by Crippen LogP contribution is -2.54. The predicted molar refractivity (Wildman–Crippen MR) is 75.2 cm³/mol. The first-order valence-electron chi connectivity index (χ1n) is 6.44. The molecule has 0 bridgehead atoms. The van der Waals surface area contributed by atoms with E-state index in [1.165, 1.54) is 12.8 Å². The summed E-state index contributed by atoms with van der Waals surface area (Å²) in [6.07, 6.45) is 4.22. The van der Waals surface area contributed by atoms with Gasteiger partial charge >= 0.3 is 0 Å². The average molecular weight is 258 g/mol. The molecule has 0 spiro atoms. The standard InChI is InChI=1S/C13H26N2OS/c1-12(2,3)17-9-5-8-13(4,11(14)16)15-10-6-7-10/h10,15H,5-9H2,1-4H3,(H2,14,16). The number of hydrogen-bond donors (Lipinski definition) is 2. The normalized spacial score (nSPS) is 20.0. The third-order valence-electron chi connectivity index (χ3n) is 3.00. The van der Waals surface area contributed by atoms with E-state index in [4.69, 9.17) is 5.73 Å². The van der Waals surface area contributed by atoms with Gasteiger partial charge in [0.25, 0.3) is 0 Å². The zero-order valence-corrected chi connectivity index (χ0v) is 12.3. The Morgan fingerprint density at radius 3 is 2.35 bits per heavy atom. The van der Waals surface area contributed by atoms with Gasteiger partial charge in [0.2, 0.25) is 5.91 Å². The van der Waals surface area contributed by atoms with Gasteiger partial charge in [-0.1, -0.05) is 20.8 Å². The van der Waals surface area contributed by atoms with Crippen LogP contribution < -0.4 is 11.1 Å². The lowest BCUT2D eigenvalue weighted by atomic mass is 9.95. The topological polar surface area (TPSA) is 55.1 Å². The van der Waals surface area contributed by atoms with Crippen LogP contribution in [0.15, 0.2) is 0 Å². The van der Waals surface area contributed by atoms with E-state index in [1.807, 2.05) is 18.7 Å². The largest absolute Gasteiger partial charge is 0.368 e. The third kappa shape index (κ3) is 5.77. The smallest absolute Gasteiger partial charge is 0.237 e. The zero-order chi connectivity index (χ0) is 13.1. The minimum absolute atomic E-state index is 0.217. The number of nitrogens with two attached hydrogens (primary N) is 1. The Morgan fingerprint density at radius 1 is 1.35 bits per heavy atom. The first-order valence-corrected chi connectivity index (χ1v) is 7.43. The molecule has 3 N–H and O–H groups in total. The van der Waals surface area contributed by atoms with E-state index >= 15 is 0 Å². The Bertz CT molecular complexity index is 271. The molecule has 100 valence electrons. The summed E-state index contributed by atoms with van der Waals surface area (Å²) in [4.78, 5) is 11.5. The maximum absolute atomic E-state index is 11.5. The van der Waals surface area contributed by atoms with Crippen LogP contribution in [0.25, 0.3) is 0 Å². The SMILES string of the molecule is CC(C)(C)SCCCC(C)(NC1CC1)C(N)=O. The van der Waals surface area contributed by atoms with Crippen molar-refractivity contribution in [3.8, 4) is 0 Å². The quantitative estimate of drug-likeness (QED) is 0.689. The van der Waals surface area contributed by atoms with Crippen molar-refractivity contribution in [2.75, 3.05) is 5.75 Å². The summed E-state index contributed by atoms with van der Waals surface area (Å²) in [5.74, 6) is 0.865. The molecule has 0 aliphatic heterocycles. The summed E-state index contributed by atoms with van der Waals surface area (Å²) < 4.78 is 0.299. The van der Waals surface area contributed by atoms with Crippen molar-refractivity contribution in [1.82, 2.24) is 5.32 Å². The van der Waals surface area contributed by atoms with Crippen LogP contribution in [0.5, 0.6) is 0 Å². The van der Waals surface area contributed by atoms with E-state index in [0.29, 0.717) is 10.8 Å². The molecular formula is C13H26N2OS. The minimum Gasteiger partial charge on any atom is -0.368 e. The van der Waals surface area contributed by atoms with Crippen LogP contribution >= 0.6 is 11.8 Å². The fourth-order valence-electron chi connectivity index (χ4n) is 1.75. The molecule has 0 aromatic carbocycles. The van der Waals surface area contributed by atoms with E-state index in [1.54, 1.807) is 0 Å². The molecule has 0 heterocycles. The number of nitrogens with one attached hydrogen (secondary N) is 1. The van der Waals surface area contributed by atoms with E-state index < -0.39 is 5.54 Å². The fraction of sp³-hybridized carbons (Fsp3) is 0.923. The van der Waals surface area contributed by atoms with Crippen LogP contribution in [0, 0.1) is 0 Å². The van der Waals surface area contributed by atoms with Gasteiger partial charge in [0.1, 0.15) is 0 Å². The van der Waals surface area contributed by atoms with Crippen molar-refractivity contribution >= 4 is 17.7 Å². The van der Waals surface area contributed by atoms with Gasteiger partial charge in [-0.3, -0.25) is 4.79 Å². The molecule has 1 aliphatic carbocycles. The van der Waals surface area contributed by atoms with Gasteiger partial charge in [-0.15, -0.1) is 0 Å². The molecule has 1 aliphatic rings. The van der Waals surface area contributed by atoms with Gasteiger partial charge in [0.05, 0.1) is 5.54 Å². The molecule has 3 nitrogen and oxygen atoms in total. The predicted octanol–water partition coefficient (Wildman–Crippen LogP) is 2.29. The Balaban J connectivity index is 2.31. The molecular weight excluding hydrogens is 232 g/mol. The number of rotatable bonds is 7. The van der Waals surface area contributed by atoms with Gasteiger partial charge in [-0.05, 0) is 38.4 Å². The summed E-state index contributed by atoms with van der Waals surface area (Å²) in [5, 5.41) is 3.38. The maximum atomic E-state index is 11.5. The molecule has 0 aromatic rings. The summed E-state index contributed by atoms with van der Waals surface area (Å²) in [6.45, 7) is 8.59. The van der Waals surface area contributed by atoms with E-state index in [-0.39, 0.29) is 5.91 Å². The highest BCUT2D eigenvalue weighted by Crippen LogP contribution is 2.27. The molecule has 4 heteroatoms. The molecule has 0 aromatic heterocycles. The van der Waals surface area contributed by atoms with Crippen molar-refractivity contribution in [2.45, 2.75) is 69.7 Å². The molecule has 1 fully saturated rings. The second-order valence-corrected chi connectivity index (χ2v) is 8.10. The number of thioether (sulfide) groups is 1. The van der Waals surface area contributed by atoms with Gasteiger partial charge in [0, 0.05) is 10.8 Å². The van der Waals surface area contributed by atoms with Crippen LogP contribution in [0.3, 0.4) is 0 Å². The molecule has 1 rings (SSSR count). The third-order valence-corrected chi connectivity index (χ3v) is 4.36. The van der Waals surface area contributed by atoms with Crippen LogP contribution in [-0.2, 0) is 4.79 Å². The molecule has 0 saturated heterocycles. The Kier molecular flexibility index (Phi) is 4.90. The van der Waals surface area contributed by atoms with Gasteiger partial charge < -0.3 is 11.1 Å². The fourth-order valence-corrected chi connectivity index (χ4v) is 2.65. The highest BCUT2D eigenvalue weighted by molar-refractivity contribution is 8.00. The van der Waals surface area contributed by atoms with Crippen molar-refractivity contribution in [1.29, 1.82) is 0 Å². The first-order chi connectivity index (χ1) is 7.73. The summed E-state index contributed by atoms with van der Waals surface area (Å²) in [6, 6.07) is 0.516. The van der Waals surface area contributed by atoms with Crippen LogP contribution in [0.1, 0.15) is 53.4 Å². The van der Waals surface area contributed by atoms with Crippen molar-refractivity contribution < 1.29 is 4.79 Å². The molecule has 1 saturated carbocycles. The Hall–Kier alpha value is -0.220. The van der Waals surface area contributed by atoms with Crippen LogP contribution in [0.2, 0.25) is 0 Å². The highest BCUT2D eigenvalue weighted by atomic mass is 32.2. The summed E-state index contributed by atoms with van der Waals surface area (Å²) in [7, 11) is 0. The second kappa shape index (κ2) is 5.61. The van der Waals surface area contributed by atoms with Gasteiger partial charge in [0.15, 0.2) is 0 Å². The van der Waals surface area contributed by atoms with Crippen molar-refractivity contribution in [2.24, 2.45) is 5.73 Å². The summed E-state index contributed by atoms with van der Waals surface area (Å²) in [5.41, 5.74) is 4.99. The number of amides is 1. The lowest BCUT2D eigenvalue weighted by Gasteiger charge is -2.28. The number of primary amides is 1. The Labute approximate surface area is 109 Å². The summed E-state index contributed by atoms with van der Waals surface area (Å²) >= 11 is 1.94. The zero-order valence-electron chi connectivity index (χ0n) is 11.5. The number of carbonyl (C=O) groups excluding carboxylic acids is 1. The number of carbonyl (C=O) groups is 1. The molecule has 17 heavy (non-hydrogen) atoms. The highest BCUT2D eigenvalue weighted by Gasteiger charge is 2.36. The van der Waals surface area contributed by atoms with Crippen molar-refractivity contribution in [3.63, 3.8) is 0 Å². The molecule has 1 unspecified atom stereocenters. The van der Waals surface area contributed by atoms with Gasteiger partial charge in [-0.2, -0.15) is 11.8 Å². The van der Waals surface area contributed by atoms with E-state index in [2.05, 4.69) is 26.1 Å². The average Bonchev–Trinajstić information content (AvgIpc) is 2.94. The molecule has 1 amide bonds. The molecule has 1 atom stereocenters. The minimum atomic E-state index is -0.514. The van der Waals surface area contributed by atoms with Crippen LogP contribution in [-0.4, -0.2) is 28.0 Å². The van der Waals surface area contributed by atoms with E-state index in [9.17, 15) is 4.79 Å².